The molecule has 1 heteroatoms. The van der Waals surface area contributed by atoms with Gasteiger partial charge in [0.05, 0.1) is 0 Å². The zero-order valence-electron chi connectivity index (χ0n) is 12.3. The monoisotopic (exact) mass is 235 g/mol. The molecule has 4 atom stereocenters. The van der Waals surface area contributed by atoms with Crippen LogP contribution >= 0.6 is 0 Å². The van der Waals surface area contributed by atoms with Gasteiger partial charge in [-0.25, -0.2) is 0 Å². The Hall–Kier alpha value is -0.0400. The van der Waals surface area contributed by atoms with Crippen LogP contribution in [0.25, 0.3) is 0 Å². The van der Waals surface area contributed by atoms with E-state index < -0.39 is 0 Å². The molecule has 3 fully saturated rings. The van der Waals surface area contributed by atoms with Crippen molar-refractivity contribution < 1.29 is 0 Å². The van der Waals surface area contributed by atoms with Crippen molar-refractivity contribution >= 4 is 0 Å². The van der Waals surface area contributed by atoms with Crippen molar-refractivity contribution in [1.82, 2.24) is 5.32 Å². The van der Waals surface area contributed by atoms with Gasteiger partial charge in [0, 0.05) is 6.04 Å². The third-order valence-corrected chi connectivity index (χ3v) is 6.56. The van der Waals surface area contributed by atoms with Gasteiger partial charge in [0.15, 0.2) is 0 Å². The van der Waals surface area contributed by atoms with Crippen molar-refractivity contribution in [3.63, 3.8) is 0 Å². The number of fused-ring (bicyclic) bond motifs is 2. The van der Waals surface area contributed by atoms with E-state index in [1.165, 1.54) is 32.2 Å². The summed E-state index contributed by atoms with van der Waals surface area (Å²) in [6.45, 7) is 13.6. The Morgan fingerprint density at radius 2 is 1.71 bits per heavy atom. The topological polar surface area (TPSA) is 12.0 Å². The van der Waals surface area contributed by atoms with Gasteiger partial charge in [-0.3, -0.25) is 0 Å². The molecule has 0 aromatic carbocycles. The van der Waals surface area contributed by atoms with Crippen LogP contribution in [-0.4, -0.2) is 12.6 Å². The van der Waals surface area contributed by atoms with E-state index in [1.807, 2.05) is 0 Å². The predicted octanol–water partition coefficient (Wildman–Crippen LogP) is 3.84. The Morgan fingerprint density at radius 3 is 2.18 bits per heavy atom. The molecule has 0 spiro atoms. The zero-order chi connectivity index (χ0) is 12.5. The molecule has 0 heterocycles. The molecule has 2 bridgehead atoms. The summed E-state index contributed by atoms with van der Waals surface area (Å²) in [5.41, 5.74) is 1.73. The summed E-state index contributed by atoms with van der Waals surface area (Å²) in [4.78, 5) is 0. The smallest absolute Gasteiger partial charge is 0.0175 e. The summed E-state index contributed by atoms with van der Waals surface area (Å²) < 4.78 is 0. The average molecular weight is 235 g/mol. The lowest BCUT2D eigenvalue weighted by Gasteiger charge is -2.43. The normalized spacial score (nSPS) is 49.6. The molecule has 1 N–H and O–H groups in total. The maximum absolute atomic E-state index is 3.96. The van der Waals surface area contributed by atoms with E-state index in [1.54, 1.807) is 0 Å². The summed E-state index contributed by atoms with van der Waals surface area (Å²) >= 11 is 0. The van der Waals surface area contributed by atoms with Crippen LogP contribution in [0.15, 0.2) is 0 Å². The first-order valence-corrected chi connectivity index (χ1v) is 7.49. The lowest BCUT2D eigenvalue weighted by atomic mass is 9.68. The molecule has 0 radical (unpaired) electrons. The fourth-order valence-corrected chi connectivity index (χ4v) is 5.00. The molecule has 0 amide bonds. The lowest BCUT2D eigenvalue weighted by Crippen LogP contribution is -2.51. The molecule has 0 aromatic rings. The number of nitrogens with one attached hydrogen (secondary N) is 1. The second kappa shape index (κ2) is 3.29. The first-order chi connectivity index (χ1) is 7.76. The van der Waals surface area contributed by atoms with Crippen LogP contribution in [-0.2, 0) is 0 Å². The highest BCUT2D eigenvalue weighted by Gasteiger charge is 2.59. The Balaban J connectivity index is 1.66. The fourth-order valence-electron chi connectivity index (χ4n) is 5.00. The first kappa shape index (κ1) is 12.0. The van der Waals surface area contributed by atoms with Crippen molar-refractivity contribution in [1.29, 1.82) is 0 Å². The van der Waals surface area contributed by atoms with Crippen LogP contribution in [0.2, 0.25) is 0 Å². The highest BCUT2D eigenvalue weighted by Crippen LogP contribution is 2.62. The van der Waals surface area contributed by atoms with E-state index in [-0.39, 0.29) is 0 Å². The van der Waals surface area contributed by atoms with Crippen molar-refractivity contribution in [2.24, 2.45) is 28.1 Å². The summed E-state index contributed by atoms with van der Waals surface area (Å²) in [7, 11) is 0. The molecule has 0 aliphatic heterocycles. The highest BCUT2D eigenvalue weighted by molar-refractivity contribution is 5.12. The Kier molecular flexibility index (Phi) is 2.32. The minimum Gasteiger partial charge on any atom is -0.313 e. The first-order valence-electron chi connectivity index (χ1n) is 7.49. The van der Waals surface area contributed by atoms with Crippen LogP contribution in [0.3, 0.4) is 0 Å². The van der Waals surface area contributed by atoms with Crippen molar-refractivity contribution in [3.8, 4) is 0 Å². The van der Waals surface area contributed by atoms with Crippen LogP contribution < -0.4 is 5.32 Å². The van der Waals surface area contributed by atoms with E-state index in [9.17, 15) is 0 Å². The van der Waals surface area contributed by atoms with E-state index >= 15 is 0 Å². The van der Waals surface area contributed by atoms with Gasteiger partial charge in [-0.2, -0.15) is 0 Å². The van der Waals surface area contributed by atoms with Gasteiger partial charge < -0.3 is 5.32 Å². The van der Waals surface area contributed by atoms with Crippen LogP contribution in [0.1, 0.15) is 60.3 Å². The fraction of sp³-hybridized carbons (Fsp3) is 1.00. The molecule has 3 saturated carbocycles. The summed E-state index contributed by atoms with van der Waals surface area (Å²) in [5.74, 6) is 1.90. The SMILES string of the molecule is CC1(C)CC1CNC1C2(C)CCC(C2)C1(C)C. The number of hydrogen-bond acceptors (Lipinski definition) is 1. The number of rotatable bonds is 3. The molecule has 0 aromatic heterocycles. The molecule has 98 valence electrons. The molecular formula is C16H29N. The summed E-state index contributed by atoms with van der Waals surface area (Å²) in [6, 6.07) is 0.755. The van der Waals surface area contributed by atoms with E-state index in [0.717, 1.165) is 17.9 Å². The lowest BCUT2D eigenvalue weighted by molar-refractivity contribution is 0.107. The van der Waals surface area contributed by atoms with Crippen molar-refractivity contribution in [2.75, 3.05) is 6.54 Å². The Bertz CT molecular complexity index is 326. The molecule has 0 saturated heterocycles. The summed E-state index contributed by atoms with van der Waals surface area (Å²) in [6.07, 6.45) is 5.81. The highest BCUT2D eigenvalue weighted by atomic mass is 15.0. The van der Waals surface area contributed by atoms with Crippen molar-refractivity contribution in [2.45, 2.75) is 66.3 Å². The quantitative estimate of drug-likeness (QED) is 0.784. The summed E-state index contributed by atoms with van der Waals surface area (Å²) in [5, 5.41) is 3.96. The second-order valence-corrected chi connectivity index (χ2v) is 8.65. The standard InChI is InChI=1S/C16H29N/c1-14(2)8-12(14)10-17-13-15(3,4)11-6-7-16(13,5)9-11/h11-13,17H,6-10H2,1-5H3. The minimum absolute atomic E-state index is 0.520. The van der Waals surface area contributed by atoms with E-state index in [0.29, 0.717) is 16.2 Å². The van der Waals surface area contributed by atoms with Gasteiger partial charge in [-0.1, -0.05) is 34.6 Å². The van der Waals surface area contributed by atoms with Gasteiger partial charge >= 0.3 is 0 Å². The Labute approximate surface area is 107 Å². The van der Waals surface area contributed by atoms with Gasteiger partial charge in [0.25, 0.3) is 0 Å². The van der Waals surface area contributed by atoms with Gasteiger partial charge in [-0.05, 0) is 60.3 Å². The van der Waals surface area contributed by atoms with E-state index in [4.69, 9.17) is 0 Å². The van der Waals surface area contributed by atoms with Crippen LogP contribution in [0.4, 0.5) is 0 Å². The molecule has 3 aliphatic carbocycles. The Morgan fingerprint density at radius 1 is 1.06 bits per heavy atom. The van der Waals surface area contributed by atoms with Gasteiger partial charge in [0.2, 0.25) is 0 Å². The van der Waals surface area contributed by atoms with Crippen LogP contribution in [0.5, 0.6) is 0 Å². The largest absolute Gasteiger partial charge is 0.313 e. The third kappa shape index (κ3) is 1.69. The second-order valence-electron chi connectivity index (χ2n) is 8.65. The van der Waals surface area contributed by atoms with Crippen molar-refractivity contribution in [3.05, 3.63) is 0 Å². The van der Waals surface area contributed by atoms with Gasteiger partial charge in [-0.15, -0.1) is 0 Å². The molecule has 4 unspecified atom stereocenters. The third-order valence-electron chi connectivity index (χ3n) is 6.56. The van der Waals surface area contributed by atoms with Gasteiger partial charge in [0.1, 0.15) is 0 Å². The maximum Gasteiger partial charge on any atom is 0.0175 e. The minimum atomic E-state index is 0.520. The predicted molar refractivity (Wildman–Crippen MR) is 72.9 cm³/mol. The molecular weight excluding hydrogens is 206 g/mol. The van der Waals surface area contributed by atoms with Crippen LogP contribution in [0, 0.1) is 28.1 Å². The molecule has 17 heavy (non-hydrogen) atoms. The molecule has 3 aliphatic rings. The molecule has 1 nitrogen and oxygen atoms in total. The number of hydrogen-bond donors (Lipinski definition) is 1. The maximum atomic E-state index is 3.96. The average Bonchev–Trinajstić information content (AvgIpc) is 2.54. The molecule has 3 rings (SSSR count). The zero-order valence-corrected chi connectivity index (χ0v) is 12.3. The van der Waals surface area contributed by atoms with E-state index in [2.05, 4.69) is 39.9 Å².